The fourth-order valence-electron chi connectivity index (χ4n) is 4.44. The predicted molar refractivity (Wildman–Crippen MR) is 128 cm³/mol. The summed E-state index contributed by atoms with van der Waals surface area (Å²) >= 11 is 0. The van der Waals surface area contributed by atoms with Gasteiger partial charge < -0.3 is 24.2 Å². The third kappa shape index (κ3) is 4.98. The molecule has 2 aromatic rings. The summed E-state index contributed by atoms with van der Waals surface area (Å²) in [6.45, 7) is 0.852. The van der Waals surface area contributed by atoms with E-state index in [1.54, 1.807) is 26.2 Å². The molecule has 0 unspecified atom stereocenters. The van der Waals surface area contributed by atoms with Crippen molar-refractivity contribution in [1.82, 2.24) is 14.8 Å². The van der Waals surface area contributed by atoms with Gasteiger partial charge in [-0.3, -0.25) is 14.4 Å². The number of pyridine rings is 1. The molecule has 0 N–H and O–H groups in total. The second kappa shape index (κ2) is 9.75. The van der Waals surface area contributed by atoms with Crippen molar-refractivity contribution >= 4 is 23.4 Å². The number of halogens is 1. The van der Waals surface area contributed by atoms with Gasteiger partial charge in [-0.2, -0.15) is 0 Å². The molecule has 3 heterocycles. The monoisotopic (exact) mass is 496 g/mol. The highest BCUT2D eigenvalue weighted by atomic mass is 19.1. The number of nitrogens with zero attached hydrogens (tertiary/aromatic N) is 4. The zero-order valence-electron chi connectivity index (χ0n) is 20.4. The van der Waals surface area contributed by atoms with Gasteiger partial charge in [0.1, 0.15) is 18.1 Å². The number of carbonyl (C=O) groups excluding carboxylic acids is 3. The van der Waals surface area contributed by atoms with Crippen molar-refractivity contribution in [3.8, 4) is 11.6 Å². The van der Waals surface area contributed by atoms with Gasteiger partial charge in [0.15, 0.2) is 6.10 Å². The Bertz CT molecular complexity index is 1180. The lowest BCUT2D eigenvalue weighted by molar-refractivity contribution is -0.129. The van der Waals surface area contributed by atoms with Crippen molar-refractivity contribution in [3.05, 3.63) is 47.4 Å². The van der Waals surface area contributed by atoms with Gasteiger partial charge in [-0.15, -0.1) is 0 Å². The number of benzene rings is 1. The van der Waals surface area contributed by atoms with Crippen LogP contribution in [0.25, 0.3) is 0 Å². The number of hydrogen-bond donors (Lipinski definition) is 0. The first-order valence-electron chi connectivity index (χ1n) is 12.2. The number of hydrogen-bond acceptors (Lipinski definition) is 6. The average Bonchev–Trinajstić information content (AvgIpc) is 3.54. The minimum atomic E-state index is -0.741. The third-order valence-corrected chi connectivity index (χ3v) is 6.80. The highest BCUT2D eigenvalue weighted by Crippen LogP contribution is 2.33. The average molecular weight is 497 g/mol. The van der Waals surface area contributed by atoms with Crippen LogP contribution in [0.5, 0.6) is 11.6 Å². The first-order valence-corrected chi connectivity index (χ1v) is 12.2. The van der Waals surface area contributed by atoms with Gasteiger partial charge in [0.05, 0.1) is 19.3 Å². The zero-order chi connectivity index (χ0) is 25.4. The van der Waals surface area contributed by atoms with Gasteiger partial charge in [0, 0.05) is 49.9 Å². The van der Waals surface area contributed by atoms with E-state index in [-0.39, 0.29) is 36.0 Å². The number of amides is 3. The molecule has 1 aromatic carbocycles. The molecule has 9 nitrogen and oxygen atoms in total. The van der Waals surface area contributed by atoms with Crippen LogP contribution in [0.15, 0.2) is 30.5 Å². The van der Waals surface area contributed by atoms with Gasteiger partial charge >= 0.3 is 0 Å². The van der Waals surface area contributed by atoms with Crippen molar-refractivity contribution in [2.75, 3.05) is 38.7 Å². The molecule has 5 rings (SSSR count). The number of anilines is 1. The molecule has 36 heavy (non-hydrogen) atoms. The van der Waals surface area contributed by atoms with Crippen LogP contribution < -0.4 is 14.4 Å². The van der Waals surface area contributed by atoms with E-state index in [0.717, 1.165) is 12.3 Å². The van der Waals surface area contributed by atoms with E-state index in [0.29, 0.717) is 36.9 Å². The highest BCUT2D eigenvalue weighted by molar-refractivity contribution is 6.03. The maximum Gasteiger partial charge on any atom is 0.268 e. The number of aromatic nitrogens is 1. The number of ether oxygens (including phenoxy) is 2. The predicted octanol–water partition coefficient (Wildman–Crippen LogP) is 2.63. The maximum atomic E-state index is 14.9. The maximum absolute atomic E-state index is 14.9. The fourth-order valence-corrected chi connectivity index (χ4v) is 4.44. The van der Waals surface area contributed by atoms with E-state index in [1.165, 1.54) is 45.9 Å². The van der Waals surface area contributed by atoms with Crippen LogP contribution in [0, 0.1) is 11.7 Å². The summed E-state index contributed by atoms with van der Waals surface area (Å²) in [4.78, 5) is 46.3. The summed E-state index contributed by atoms with van der Waals surface area (Å²) in [6, 6.07) is 6.22. The van der Waals surface area contributed by atoms with Crippen molar-refractivity contribution in [2.24, 2.45) is 5.92 Å². The highest BCUT2D eigenvalue weighted by Gasteiger charge is 2.37. The Balaban J connectivity index is 1.22. The van der Waals surface area contributed by atoms with Crippen molar-refractivity contribution in [1.29, 1.82) is 0 Å². The van der Waals surface area contributed by atoms with Crippen molar-refractivity contribution in [2.45, 2.75) is 38.3 Å². The van der Waals surface area contributed by atoms with Crippen molar-refractivity contribution < 1.29 is 28.2 Å². The molecule has 1 saturated carbocycles. The van der Waals surface area contributed by atoms with Crippen molar-refractivity contribution in [3.63, 3.8) is 0 Å². The van der Waals surface area contributed by atoms with Gasteiger partial charge in [0.25, 0.3) is 11.8 Å². The Hall–Kier alpha value is -3.69. The molecule has 2 fully saturated rings. The van der Waals surface area contributed by atoms with Gasteiger partial charge in [-0.25, -0.2) is 9.37 Å². The van der Waals surface area contributed by atoms with Crippen LogP contribution in [0.4, 0.5) is 10.1 Å². The second-order valence-electron chi connectivity index (χ2n) is 9.70. The third-order valence-electron chi connectivity index (χ3n) is 6.80. The number of fused-ring (bicyclic) bond motifs is 1. The summed E-state index contributed by atoms with van der Waals surface area (Å²) in [5.74, 6) is 0.180. The van der Waals surface area contributed by atoms with E-state index in [9.17, 15) is 18.8 Å². The van der Waals surface area contributed by atoms with Crippen LogP contribution in [-0.4, -0.2) is 72.4 Å². The topological polar surface area (TPSA) is 92.3 Å². The van der Waals surface area contributed by atoms with E-state index in [2.05, 4.69) is 4.98 Å². The molecule has 3 amide bonds. The Kier molecular flexibility index (Phi) is 6.51. The second-order valence-corrected chi connectivity index (χ2v) is 9.70. The van der Waals surface area contributed by atoms with Gasteiger partial charge in [0.2, 0.25) is 11.8 Å². The normalized spacial score (nSPS) is 19.0. The first kappa shape index (κ1) is 24.0. The summed E-state index contributed by atoms with van der Waals surface area (Å²) in [7, 11) is 3.20. The summed E-state index contributed by atoms with van der Waals surface area (Å²) in [5, 5.41) is 0. The van der Waals surface area contributed by atoms with E-state index >= 15 is 0 Å². The smallest absolute Gasteiger partial charge is 0.268 e. The zero-order valence-corrected chi connectivity index (χ0v) is 20.4. The number of likely N-dealkylation sites (N-methyl/N-ethyl adjacent to an activating group) is 1. The molecule has 1 atom stereocenters. The standard InChI is InChI=1S/C26H29FN4O5/c1-29(2)24(32)15-30-14-20-19(25(30)33)11-17(12-21(20)27)31-9-7-22(26(31)34)36-18-5-6-23(28-13-18)35-10-8-16-3-4-16/h5-6,11-13,16,22H,3-4,7-10,14-15H2,1-2H3/t22-/m1/s1. The van der Waals surface area contributed by atoms with Gasteiger partial charge in [-0.05, 0) is 30.5 Å². The summed E-state index contributed by atoms with van der Waals surface area (Å²) in [6.07, 6.45) is 4.79. The Morgan fingerprint density at radius 2 is 2.00 bits per heavy atom. The van der Waals surface area contributed by atoms with E-state index in [4.69, 9.17) is 9.47 Å². The molecule has 190 valence electrons. The molecule has 1 aromatic heterocycles. The molecule has 3 aliphatic rings. The Morgan fingerprint density at radius 3 is 2.69 bits per heavy atom. The molecule has 0 spiro atoms. The van der Waals surface area contributed by atoms with Crippen LogP contribution in [0.3, 0.4) is 0 Å². The quantitative estimate of drug-likeness (QED) is 0.530. The SMILES string of the molecule is CN(C)C(=O)CN1Cc2c(F)cc(N3CC[C@@H](Oc4ccc(OCCC5CC5)nc4)C3=O)cc2C1=O. The summed E-state index contributed by atoms with van der Waals surface area (Å²) < 4.78 is 26.4. The minimum Gasteiger partial charge on any atom is -0.479 e. The van der Waals surface area contributed by atoms with E-state index < -0.39 is 17.8 Å². The van der Waals surface area contributed by atoms with Crippen LogP contribution in [0.2, 0.25) is 0 Å². The molecule has 0 bridgehead atoms. The molecule has 1 saturated heterocycles. The Morgan fingerprint density at radius 1 is 1.19 bits per heavy atom. The minimum absolute atomic E-state index is 0.0207. The lowest BCUT2D eigenvalue weighted by Gasteiger charge is -2.18. The lowest BCUT2D eigenvalue weighted by atomic mass is 10.1. The van der Waals surface area contributed by atoms with Gasteiger partial charge in [-0.1, -0.05) is 12.8 Å². The largest absolute Gasteiger partial charge is 0.479 e. The van der Waals surface area contributed by atoms with Crippen LogP contribution >= 0.6 is 0 Å². The molecular weight excluding hydrogens is 467 g/mol. The number of carbonyl (C=O) groups is 3. The fraction of sp³-hybridized carbons (Fsp3) is 0.462. The molecular formula is C26H29FN4O5. The lowest BCUT2D eigenvalue weighted by Crippen LogP contribution is -2.36. The summed E-state index contributed by atoms with van der Waals surface area (Å²) in [5.41, 5.74) is 0.712. The van der Waals surface area contributed by atoms with E-state index in [1.807, 2.05) is 0 Å². The first-order chi connectivity index (χ1) is 17.3. The van der Waals surface area contributed by atoms with Crippen LogP contribution in [0.1, 0.15) is 41.6 Å². The number of rotatable bonds is 9. The molecule has 1 aliphatic carbocycles. The molecule has 10 heteroatoms. The van der Waals surface area contributed by atoms with Crippen LogP contribution in [-0.2, 0) is 16.1 Å². The Labute approximate surface area is 208 Å². The molecule has 0 radical (unpaired) electrons. The molecule has 2 aliphatic heterocycles.